The minimum absolute atomic E-state index is 0.110. The van der Waals surface area contributed by atoms with E-state index in [-0.39, 0.29) is 5.97 Å². The van der Waals surface area contributed by atoms with Crippen molar-refractivity contribution in [1.82, 2.24) is 0 Å². The number of rotatable bonds is 12. The van der Waals surface area contributed by atoms with Gasteiger partial charge < -0.3 is 4.74 Å². The largest absolute Gasteiger partial charge is 0.462 e. The quantitative estimate of drug-likeness (QED) is 0.256. The lowest BCUT2D eigenvalue weighted by atomic mass is 9.97. The average molecular weight is 282 g/mol. The van der Waals surface area contributed by atoms with Gasteiger partial charge in [-0.2, -0.15) is 0 Å². The fourth-order valence-corrected chi connectivity index (χ4v) is 2.37. The molecule has 0 unspecified atom stereocenters. The van der Waals surface area contributed by atoms with E-state index in [4.69, 9.17) is 4.74 Å². The fraction of sp³-hybridized carbons (Fsp3) is 0.833. The normalized spacial score (nSPS) is 12.2. The highest BCUT2D eigenvalue weighted by molar-refractivity contribution is 5.88. The van der Waals surface area contributed by atoms with E-state index in [1.807, 2.05) is 13.8 Å². The third-order valence-corrected chi connectivity index (χ3v) is 3.66. The van der Waals surface area contributed by atoms with Crippen LogP contribution in [0.1, 0.15) is 91.9 Å². The summed E-state index contributed by atoms with van der Waals surface area (Å²) in [6, 6.07) is 0. The Morgan fingerprint density at radius 1 is 0.800 bits per heavy atom. The molecule has 0 aliphatic rings. The smallest absolute Gasteiger partial charge is 0.333 e. The minimum atomic E-state index is -0.110. The van der Waals surface area contributed by atoms with Crippen LogP contribution in [-0.4, -0.2) is 12.6 Å². The predicted molar refractivity (Wildman–Crippen MR) is 86.9 cm³/mol. The monoisotopic (exact) mass is 282 g/mol. The molecule has 0 aromatic carbocycles. The second kappa shape index (κ2) is 13.2. The minimum Gasteiger partial charge on any atom is -0.462 e. The zero-order valence-corrected chi connectivity index (χ0v) is 14.1. The van der Waals surface area contributed by atoms with Crippen molar-refractivity contribution in [2.75, 3.05) is 6.61 Å². The molecule has 0 rings (SSSR count). The maximum atomic E-state index is 11.9. The summed E-state index contributed by atoms with van der Waals surface area (Å²) in [4.78, 5) is 11.9. The molecule has 0 amide bonds. The summed E-state index contributed by atoms with van der Waals surface area (Å²) in [7, 11) is 0. The summed E-state index contributed by atoms with van der Waals surface area (Å²) in [5.41, 5.74) is 2.16. The molecule has 0 bridgehead atoms. The SMILES string of the molecule is CCCCCCCCC(CCC)=C(C)C(=O)OCCC. The van der Waals surface area contributed by atoms with E-state index in [0.29, 0.717) is 6.61 Å². The summed E-state index contributed by atoms with van der Waals surface area (Å²) in [6.45, 7) is 8.90. The summed E-state index contributed by atoms with van der Waals surface area (Å²) in [5.74, 6) is -0.110. The molecule has 0 spiro atoms. The molecule has 0 saturated heterocycles. The molecule has 0 fully saturated rings. The Morgan fingerprint density at radius 3 is 2.05 bits per heavy atom. The fourth-order valence-electron chi connectivity index (χ4n) is 2.37. The molecule has 0 heterocycles. The van der Waals surface area contributed by atoms with Crippen LogP contribution >= 0.6 is 0 Å². The Balaban J connectivity index is 4.20. The van der Waals surface area contributed by atoms with E-state index in [1.165, 1.54) is 44.1 Å². The molecular formula is C18H34O2. The number of hydrogen-bond donors (Lipinski definition) is 0. The molecule has 0 aliphatic carbocycles. The Bertz CT molecular complexity index is 279. The standard InChI is InChI=1S/C18H34O2/c1-5-8-9-10-11-12-14-17(13-6-2)16(4)18(19)20-15-7-3/h5-15H2,1-4H3. The maximum absolute atomic E-state index is 11.9. The number of carbonyl (C=O) groups excluding carboxylic acids is 1. The van der Waals surface area contributed by atoms with E-state index >= 15 is 0 Å². The van der Waals surface area contributed by atoms with Crippen molar-refractivity contribution in [3.05, 3.63) is 11.1 Å². The zero-order valence-electron chi connectivity index (χ0n) is 14.1. The van der Waals surface area contributed by atoms with Crippen LogP contribution in [0, 0.1) is 0 Å². The molecule has 0 N–H and O–H groups in total. The molecule has 118 valence electrons. The van der Waals surface area contributed by atoms with Crippen LogP contribution in [0.25, 0.3) is 0 Å². The lowest BCUT2D eigenvalue weighted by Crippen LogP contribution is -2.09. The lowest BCUT2D eigenvalue weighted by molar-refractivity contribution is -0.139. The third-order valence-electron chi connectivity index (χ3n) is 3.66. The molecule has 0 aromatic heterocycles. The van der Waals surface area contributed by atoms with Gasteiger partial charge >= 0.3 is 5.97 Å². The van der Waals surface area contributed by atoms with Gasteiger partial charge in [0.05, 0.1) is 6.61 Å². The number of ether oxygens (including phenoxy) is 1. The highest BCUT2D eigenvalue weighted by atomic mass is 16.5. The second-order valence-corrected chi connectivity index (χ2v) is 5.63. The van der Waals surface area contributed by atoms with Gasteiger partial charge in [-0.1, -0.05) is 64.9 Å². The maximum Gasteiger partial charge on any atom is 0.333 e. The number of hydrogen-bond acceptors (Lipinski definition) is 2. The van der Waals surface area contributed by atoms with Crippen LogP contribution in [0.15, 0.2) is 11.1 Å². The average Bonchev–Trinajstić information content (AvgIpc) is 2.46. The van der Waals surface area contributed by atoms with Crippen LogP contribution in [0.5, 0.6) is 0 Å². The molecule has 0 radical (unpaired) electrons. The lowest BCUT2D eigenvalue weighted by Gasteiger charge is -2.11. The highest BCUT2D eigenvalue weighted by Gasteiger charge is 2.11. The van der Waals surface area contributed by atoms with E-state index in [9.17, 15) is 4.79 Å². The van der Waals surface area contributed by atoms with Crippen LogP contribution in [-0.2, 0) is 9.53 Å². The first-order valence-electron chi connectivity index (χ1n) is 8.53. The first-order valence-corrected chi connectivity index (χ1v) is 8.53. The van der Waals surface area contributed by atoms with Crippen LogP contribution in [0.4, 0.5) is 0 Å². The summed E-state index contributed by atoms with van der Waals surface area (Å²) in [6.07, 6.45) is 11.9. The van der Waals surface area contributed by atoms with Gasteiger partial charge in [0, 0.05) is 5.57 Å². The second-order valence-electron chi connectivity index (χ2n) is 5.63. The number of esters is 1. The van der Waals surface area contributed by atoms with Crippen molar-refractivity contribution in [1.29, 1.82) is 0 Å². The molecule has 0 atom stereocenters. The van der Waals surface area contributed by atoms with Crippen LogP contribution in [0.3, 0.4) is 0 Å². The van der Waals surface area contributed by atoms with Crippen molar-refractivity contribution >= 4 is 5.97 Å². The summed E-state index contributed by atoms with van der Waals surface area (Å²) >= 11 is 0. The first-order chi connectivity index (χ1) is 9.67. The van der Waals surface area contributed by atoms with E-state index in [1.54, 1.807) is 0 Å². The molecule has 20 heavy (non-hydrogen) atoms. The van der Waals surface area contributed by atoms with Gasteiger partial charge in [0.2, 0.25) is 0 Å². The summed E-state index contributed by atoms with van der Waals surface area (Å²) in [5, 5.41) is 0. The number of allylic oxidation sites excluding steroid dienone is 1. The number of carbonyl (C=O) groups is 1. The Hall–Kier alpha value is -0.790. The highest BCUT2D eigenvalue weighted by Crippen LogP contribution is 2.20. The van der Waals surface area contributed by atoms with E-state index in [0.717, 1.165) is 31.3 Å². The topological polar surface area (TPSA) is 26.3 Å². The van der Waals surface area contributed by atoms with Gasteiger partial charge in [-0.3, -0.25) is 0 Å². The molecule has 2 heteroatoms. The first kappa shape index (κ1) is 19.2. The third kappa shape index (κ3) is 9.17. The van der Waals surface area contributed by atoms with Crippen LogP contribution in [0.2, 0.25) is 0 Å². The molecule has 0 aliphatic heterocycles. The Kier molecular flexibility index (Phi) is 12.7. The van der Waals surface area contributed by atoms with Crippen LogP contribution < -0.4 is 0 Å². The van der Waals surface area contributed by atoms with E-state index in [2.05, 4.69) is 13.8 Å². The van der Waals surface area contributed by atoms with Crippen molar-refractivity contribution in [2.24, 2.45) is 0 Å². The van der Waals surface area contributed by atoms with Crippen molar-refractivity contribution < 1.29 is 9.53 Å². The Labute approximate surface area is 126 Å². The molecule has 2 nitrogen and oxygen atoms in total. The van der Waals surface area contributed by atoms with E-state index < -0.39 is 0 Å². The van der Waals surface area contributed by atoms with Crippen molar-refractivity contribution in [2.45, 2.75) is 91.9 Å². The van der Waals surface area contributed by atoms with Gasteiger partial charge in [-0.05, 0) is 32.6 Å². The van der Waals surface area contributed by atoms with Crippen molar-refractivity contribution in [3.8, 4) is 0 Å². The van der Waals surface area contributed by atoms with Gasteiger partial charge in [-0.25, -0.2) is 4.79 Å². The van der Waals surface area contributed by atoms with Gasteiger partial charge in [0.25, 0.3) is 0 Å². The number of unbranched alkanes of at least 4 members (excludes halogenated alkanes) is 5. The molecule has 0 saturated carbocycles. The summed E-state index contributed by atoms with van der Waals surface area (Å²) < 4.78 is 5.24. The van der Waals surface area contributed by atoms with Gasteiger partial charge in [0.15, 0.2) is 0 Å². The molecule has 0 aromatic rings. The van der Waals surface area contributed by atoms with Gasteiger partial charge in [0.1, 0.15) is 0 Å². The van der Waals surface area contributed by atoms with Gasteiger partial charge in [-0.15, -0.1) is 0 Å². The predicted octanol–water partition coefficient (Wildman–Crippen LogP) is 5.81. The zero-order chi connectivity index (χ0) is 15.2. The van der Waals surface area contributed by atoms with Crippen molar-refractivity contribution in [3.63, 3.8) is 0 Å². The molecular weight excluding hydrogens is 248 g/mol. The Morgan fingerprint density at radius 2 is 1.45 bits per heavy atom.